The quantitative estimate of drug-likeness (QED) is 0.377. The number of ether oxygens (including phenoxy) is 2. The Morgan fingerprint density at radius 1 is 1.43 bits per heavy atom. The zero-order valence-electron chi connectivity index (χ0n) is 14.2. The molecule has 4 heteroatoms. The van der Waals surface area contributed by atoms with Crippen LogP contribution in [0.4, 0.5) is 0 Å². The monoisotopic (exact) mass is 310 g/mol. The van der Waals surface area contributed by atoms with Crippen LogP contribution in [0.15, 0.2) is 23.6 Å². The van der Waals surface area contributed by atoms with Gasteiger partial charge in [0.15, 0.2) is 0 Å². The number of hydrogen-bond acceptors (Lipinski definition) is 3. The maximum Gasteiger partial charge on any atom is 0.312 e. The summed E-state index contributed by atoms with van der Waals surface area (Å²) in [6.45, 7) is 12.7. The second-order valence-corrected chi connectivity index (χ2v) is 11.1. The Hall–Kier alpha value is -1.03. The highest BCUT2D eigenvalue weighted by Gasteiger charge is 2.43. The molecule has 0 saturated heterocycles. The number of allylic oxidation sites excluding steroid dienone is 1. The summed E-state index contributed by atoms with van der Waals surface area (Å²) in [6.07, 6.45) is 3.15. The lowest BCUT2D eigenvalue weighted by Crippen LogP contribution is -2.37. The molecule has 0 aromatic heterocycles. The van der Waals surface area contributed by atoms with Crippen LogP contribution in [0.25, 0.3) is 0 Å². The van der Waals surface area contributed by atoms with E-state index in [1.807, 2.05) is 0 Å². The highest BCUT2D eigenvalue weighted by atomic mass is 28.3. The SMILES string of the molecule is C=CC[C@@H](C(=O)OC)[C@H]1CC(C)=C([Si](CC)(CC)CC)O1. The first-order valence-electron chi connectivity index (χ1n) is 8.05. The Balaban J connectivity index is 2.97. The van der Waals surface area contributed by atoms with Gasteiger partial charge in [-0.3, -0.25) is 4.79 Å². The molecule has 0 fully saturated rings. The molecule has 1 aliphatic rings. The van der Waals surface area contributed by atoms with Crippen LogP contribution in [0.1, 0.15) is 40.5 Å². The van der Waals surface area contributed by atoms with Crippen molar-refractivity contribution in [3.8, 4) is 0 Å². The van der Waals surface area contributed by atoms with Gasteiger partial charge in [-0.05, 0) is 18.9 Å². The first kappa shape index (κ1) is 18.0. The molecule has 0 aromatic carbocycles. The van der Waals surface area contributed by atoms with Gasteiger partial charge in [0.2, 0.25) is 0 Å². The van der Waals surface area contributed by atoms with Crippen LogP contribution in [-0.2, 0) is 14.3 Å². The second-order valence-electron chi connectivity index (χ2n) is 5.96. The molecule has 21 heavy (non-hydrogen) atoms. The van der Waals surface area contributed by atoms with Gasteiger partial charge in [-0.15, -0.1) is 6.58 Å². The van der Waals surface area contributed by atoms with Gasteiger partial charge in [0.05, 0.1) is 18.4 Å². The van der Waals surface area contributed by atoms with Gasteiger partial charge in [0, 0.05) is 6.42 Å². The van der Waals surface area contributed by atoms with Gasteiger partial charge in [0.25, 0.3) is 0 Å². The predicted molar refractivity (Wildman–Crippen MR) is 89.7 cm³/mol. The maximum atomic E-state index is 12.0. The third kappa shape index (κ3) is 3.60. The zero-order valence-corrected chi connectivity index (χ0v) is 15.2. The first-order chi connectivity index (χ1) is 9.99. The molecule has 3 nitrogen and oxygen atoms in total. The Kier molecular flexibility index (Phi) is 6.72. The van der Waals surface area contributed by atoms with E-state index in [9.17, 15) is 4.79 Å². The molecule has 1 aliphatic heterocycles. The minimum Gasteiger partial charge on any atom is -0.499 e. The van der Waals surface area contributed by atoms with E-state index in [4.69, 9.17) is 9.47 Å². The van der Waals surface area contributed by atoms with Gasteiger partial charge in [-0.2, -0.15) is 0 Å². The van der Waals surface area contributed by atoms with E-state index in [0.717, 1.165) is 6.42 Å². The molecular weight excluding hydrogens is 280 g/mol. The summed E-state index contributed by atoms with van der Waals surface area (Å²) in [6, 6.07) is 3.59. The fraction of sp³-hybridized carbons (Fsp3) is 0.706. The second kappa shape index (κ2) is 7.83. The van der Waals surface area contributed by atoms with E-state index in [1.165, 1.54) is 36.2 Å². The van der Waals surface area contributed by atoms with Crippen LogP contribution in [0.2, 0.25) is 18.1 Å². The Labute approximate surface area is 130 Å². The summed E-state index contributed by atoms with van der Waals surface area (Å²) in [5, 5.41) is 1.25. The Morgan fingerprint density at radius 3 is 2.43 bits per heavy atom. The van der Waals surface area contributed by atoms with Crippen LogP contribution in [0.3, 0.4) is 0 Å². The van der Waals surface area contributed by atoms with Gasteiger partial charge in [-0.1, -0.05) is 45.0 Å². The van der Waals surface area contributed by atoms with Crippen LogP contribution >= 0.6 is 0 Å². The summed E-state index contributed by atoms with van der Waals surface area (Å²) in [4.78, 5) is 12.0. The molecule has 0 radical (unpaired) electrons. The molecule has 120 valence electrons. The topological polar surface area (TPSA) is 35.5 Å². The van der Waals surface area contributed by atoms with Crippen molar-refractivity contribution in [3.63, 3.8) is 0 Å². The van der Waals surface area contributed by atoms with Crippen molar-refractivity contribution >= 4 is 14.0 Å². The smallest absolute Gasteiger partial charge is 0.312 e. The fourth-order valence-electron chi connectivity index (χ4n) is 3.45. The van der Waals surface area contributed by atoms with Crippen molar-refractivity contribution in [3.05, 3.63) is 23.6 Å². The highest BCUT2D eigenvalue weighted by molar-refractivity contribution is 6.86. The van der Waals surface area contributed by atoms with Gasteiger partial charge in [0.1, 0.15) is 14.2 Å². The van der Waals surface area contributed by atoms with E-state index < -0.39 is 8.07 Å². The van der Waals surface area contributed by atoms with E-state index in [1.54, 1.807) is 6.08 Å². The minimum absolute atomic E-state index is 0.0815. The number of rotatable bonds is 8. The van der Waals surface area contributed by atoms with E-state index in [-0.39, 0.29) is 18.0 Å². The van der Waals surface area contributed by atoms with Gasteiger partial charge < -0.3 is 9.47 Å². The third-order valence-corrected chi connectivity index (χ3v) is 10.6. The van der Waals surface area contributed by atoms with Crippen LogP contribution < -0.4 is 0 Å². The summed E-state index contributed by atoms with van der Waals surface area (Å²) in [7, 11) is -0.0813. The normalized spacial score (nSPS) is 20.1. The third-order valence-electron chi connectivity index (χ3n) is 5.05. The molecule has 1 rings (SSSR count). The van der Waals surface area contributed by atoms with E-state index in [2.05, 4.69) is 34.3 Å². The van der Waals surface area contributed by atoms with E-state index in [0.29, 0.717) is 6.42 Å². The summed E-state index contributed by atoms with van der Waals surface area (Å²) >= 11 is 0. The standard InChI is InChI=1S/C17H30O3Si/c1-7-11-14(16(18)19-6)15-12-13(5)17(20-15)21(8-2,9-3)10-4/h7,14-15H,1,8-12H2,2-6H3/t14-,15-/m1/s1. The lowest BCUT2D eigenvalue weighted by atomic mass is 9.95. The molecule has 0 unspecified atom stereocenters. The predicted octanol–water partition coefficient (Wildman–Crippen LogP) is 4.46. The molecule has 0 spiro atoms. The first-order valence-corrected chi connectivity index (χ1v) is 10.7. The molecule has 0 aliphatic carbocycles. The molecule has 0 saturated carbocycles. The number of esters is 1. The number of methoxy groups -OCH3 is 1. The molecule has 0 N–H and O–H groups in total. The molecule has 1 heterocycles. The number of carbonyl (C=O) groups is 1. The van der Waals surface area contributed by atoms with Crippen molar-refractivity contribution in [2.45, 2.75) is 64.8 Å². The molecule has 0 aromatic rings. The highest BCUT2D eigenvalue weighted by Crippen LogP contribution is 2.40. The van der Waals surface area contributed by atoms with Gasteiger partial charge in [-0.25, -0.2) is 0 Å². The number of hydrogen-bond donors (Lipinski definition) is 0. The fourth-order valence-corrected chi connectivity index (χ4v) is 7.32. The average molecular weight is 311 g/mol. The summed E-state index contributed by atoms with van der Waals surface area (Å²) in [5.74, 6) is -0.428. The van der Waals surface area contributed by atoms with Crippen molar-refractivity contribution in [2.24, 2.45) is 5.92 Å². The van der Waals surface area contributed by atoms with Crippen molar-refractivity contribution in [1.29, 1.82) is 0 Å². The van der Waals surface area contributed by atoms with Crippen molar-refractivity contribution < 1.29 is 14.3 Å². The van der Waals surface area contributed by atoms with E-state index >= 15 is 0 Å². The molecule has 2 atom stereocenters. The number of carbonyl (C=O) groups excluding carboxylic acids is 1. The zero-order chi connectivity index (χ0) is 16.0. The van der Waals surface area contributed by atoms with Crippen LogP contribution in [0, 0.1) is 5.92 Å². The lowest BCUT2D eigenvalue weighted by molar-refractivity contribution is -0.149. The average Bonchev–Trinajstić information content (AvgIpc) is 2.89. The largest absolute Gasteiger partial charge is 0.499 e. The van der Waals surface area contributed by atoms with Crippen LogP contribution in [-0.4, -0.2) is 27.3 Å². The molecule has 0 amide bonds. The Morgan fingerprint density at radius 2 is 2.00 bits per heavy atom. The van der Waals surface area contributed by atoms with Crippen molar-refractivity contribution in [2.75, 3.05) is 7.11 Å². The maximum absolute atomic E-state index is 12.0. The van der Waals surface area contributed by atoms with Gasteiger partial charge >= 0.3 is 5.97 Å². The van der Waals surface area contributed by atoms with Crippen molar-refractivity contribution in [1.82, 2.24) is 0 Å². The molecule has 0 bridgehead atoms. The minimum atomic E-state index is -1.52. The Bertz CT molecular complexity index is 402. The van der Waals surface area contributed by atoms with Crippen LogP contribution in [0.5, 0.6) is 0 Å². The summed E-state index contributed by atoms with van der Waals surface area (Å²) in [5.41, 5.74) is 1.34. The lowest BCUT2D eigenvalue weighted by Gasteiger charge is -2.31. The molecular formula is C17H30O3Si. The summed E-state index contributed by atoms with van der Waals surface area (Å²) < 4.78 is 11.3.